The summed E-state index contributed by atoms with van der Waals surface area (Å²) in [5.41, 5.74) is -2.52. The summed E-state index contributed by atoms with van der Waals surface area (Å²) in [6, 6.07) is 0. The molecule has 1 aliphatic rings. The molecule has 1 fully saturated rings. The van der Waals surface area contributed by atoms with Gasteiger partial charge in [-0.05, 0) is 13.8 Å². The lowest BCUT2D eigenvalue weighted by atomic mass is 9.82. The minimum Gasteiger partial charge on any atom is -0.477 e. The predicted molar refractivity (Wildman–Crippen MR) is 46.8 cm³/mol. The van der Waals surface area contributed by atoms with E-state index in [0.29, 0.717) is 0 Å². The molecule has 0 aromatic heterocycles. The predicted octanol–water partition coefficient (Wildman–Crippen LogP) is 1.02. The van der Waals surface area contributed by atoms with Gasteiger partial charge in [0.05, 0.1) is 12.2 Å². The molecule has 2 N–H and O–H groups in total. The summed E-state index contributed by atoms with van der Waals surface area (Å²) in [5, 5.41) is 18.1. The summed E-state index contributed by atoms with van der Waals surface area (Å²) in [6.07, 6.45) is -1.92. The van der Waals surface area contributed by atoms with Crippen LogP contribution >= 0.6 is 0 Å². The first kappa shape index (κ1) is 12.3. The van der Waals surface area contributed by atoms with Crippen LogP contribution in [0.4, 0.5) is 8.78 Å². The average Bonchev–Trinajstić information content (AvgIpc) is 2.00. The van der Waals surface area contributed by atoms with Gasteiger partial charge in [-0.25, -0.2) is 4.79 Å². The first-order chi connectivity index (χ1) is 6.69. The van der Waals surface area contributed by atoms with Crippen molar-refractivity contribution >= 4 is 5.97 Å². The summed E-state index contributed by atoms with van der Waals surface area (Å²) in [6.45, 7) is 3.05. The van der Waals surface area contributed by atoms with Crippen LogP contribution in [0.15, 0.2) is 0 Å². The number of carbonyl (C=O) groups is 1. The van der Waals surface area contributed by atoms with Crippen molar-refractivity contribution in [2.24, 2.45) is 0 Å². The van der Waals surface area contributed by atoms with Crippen LogP contribution in [-0.2, 0) is 9.53 Å². The highest BCUT2D eigenvalue weighted by molar-refractivity contribution is 5.77. The van der Waals surface area contributed by atoms with Crippen LogP contribution in [0, 0.1) is 0 Å². The number of carboxylic acid groups (broad SMARTS) is 1. The lowest BCUT2D eigenvalue weighted by Gasteiger charge is -2.41. The molecule has 15 heavy (non-hydrogen) atoms. The number of hydrogen-bond donors (Lipinski definition) is 2. The van der Waals surface area contributed by atoms with E-state index in [9.17, 15) is 18.7 Å². The molecule has 0 saturated carbocycles. The fraction of sp³-hybridized carbons (Fsp3) is 0.889. The Bertz CT molecular complexity index is 257. The normalized spacial score (nSPS) is 37.7. The Balaban J connectivity index is 2.94. The Kier molecular flexibility index (Phi) is 3.02. The standard InChI is InChI=1S/C9H14F2O4/c1-5-3-8(14,4-6(2)15-5)9(10,11)7(12)13/h5-6,14H,3-4H2,1-2H3,(H,12,13). The van der Waals surface area contributed by atoms with E-state index in [1.54, 1.807) is 0 Å². The first-order valence-corrected chi connectivity index (χ1v) is 4.68. The Hall–Kier alpha value is -0.750. The van der Waals surface area contributed by atoms with Gasteiger partial charge in [-0.15, -0.1) is 0 Å². The van der Waals surface area contributed by atoms with Gasteiger partial charge in [-0.3, -0.25) is 0 Å². The van der Waals surface area contributed by atoms with Crippen molar-refractivity contribution in [2.75, 3.05) is 0 Å². The van der Waals surface area contributed by atoms with Gasteiger partial charge in [0.2, 0.25) is 0 Å². The minimum atomic E-state index is -4.14. The van der Waals surface area contributed by atoms with Gasteiger partial charge in [-0.2, -0.15) is 8.78 Å². The first-order valence-electron chi connectivity index (χ1n) is 4.68. The van der Waals surface area contributed by atoms with E-state index in [4.69, 9.17) is 9.84 Å². The molecule has 0 radical (unpaired) electrons. The third-order valence-electron chi connectivity index (χ3n) is 2.57. The summed E-state index contributed by atoms with van der Waals surface area (Å²) in [4.78, 5) is 10.4. The third-order valence-corrected chi connectivity index (χ3v) is 2.57. The molecule has 2 atom stereocenters. The zero-order valence-corrected chi connectivity index (χ0v) is 8.54. The van der Waals surface area contributed by atoms with Gasteiger partial charge >= 0.3 is 11.9 Å². The highest BCUT2D eigenvalue weighted by Gasteiger charge is 2.61. The molecule has 4 nitrogen and oxygen atoms in total. The number of alkyl halides is 2. The van der Waals surface area contributed by atoms with Crippen molar-refractivity contribution in [3.8, 4) is 0 Å². The zero-order valence-electron chi connectivity index (χ0n) is 8.54. The van der Waals surface area contributed by atoms with Crippen LogP contribution < -0.4 is 0 Å². The molecular weight excluding hydrogens is 210 g/mol. The Morgan fingerprint density at radius 2 is 1.80 bits per heavy atom. The molecule has 1 aliphatic heterocycles. The van der Waals surface area contributed by atoms with Crippen molar-refractivity contribution < 1.29 is 28.5 Å². The molecule has 2 unspecified atom stereocenters. The second-order valence-electron chi connectivity index (χ2n) is 4.08. The van der Waals surface area contributed by atoms with Gasteiger partial charge < -0.3 is 14.9 Å². The molecule has 0 aliphatic carbocycles. The van der Waals surface area contributed by atoms with E-state index >= 15 is 0 Å². The lowest BCUT2D eigenvalue weighted by Crippen LogP contribution is -2.58. The molecule has 0 amide bonds. The monoisotopic (exact) mass is 224 g/mol. The molecule has 1 saturated heterocycles. The molecule has 0 spiro atoms. The smallest absolute Gasteiger partial charge is 0.377 e. The van der Waals surface area contributed by atoms with E-state index in [0.717, 1.165) is 0 Å². The molecule has 88 valence electrons. The number of hydrogen-bond acceptors (Lipinski definition) is 3. The van der Waals surface area contributed by atoms with E-state index in [1.165, 1.54) is 13.8 Å². The second-order valence-corrected chi connectivity index (χ2v) is 4.08. The number of aliphatic carboxylic acids is 1. The topological polar surface area (TPSA) is 66.8 Å². The summed E-state index contributed by atoms with van der Waals surface area (Å²) in [7, 11) is 0. The summed E-state index contributed by atoms with van der Waals surface area (Å²) < 4.78 is 31.7. The molecular formula is C9H14F2O4. The molecule has 0 aromatic carbocycles. The van der Waals surface area contributed by atoms with Crippen molar-refractivity contribution in [3.63, 3.8) is 0 Å². The van der Waals surface area contributed by atoms with Crippen LogP contribution in [0.3, 0.4) is 0 Å². The SMILES string of the molecule is CC1CC(O)(C(F)(F)C(=O)O)CC(C)O1. The molecule has 1 heterocycles. The maximum absolute atomic E-state index is 13.3. The number of rotatable bonds is 2. The highest BCUT2D eigenvalue weighted by Crippen LogP contribution is 2.40. The van der Waals surface area contributed by atoms with Crippen LogP contribution in [0.25, 0.3) is 0 Å². The molecule has 0 bridgehead atoms. The van der Waals surface area contributed by atoms with E-state index in [1.807, 2.05) is 0 Å². The Morgan fingerprint density at radius 1 is 1.40 bits per heavy atom. The Morgan fingerprint density at radius 3 is 2.13 bits per heavy atom. The van der Waals surface area contributed by atoms with Gasteiger partial charge in [0.15, 0.2) is 0 Å². The summed E-state index contributed by atoms with van der Waals surface area (Å²) in [5.74, 6) is -6.44. The lowest BCUT2D eigenvalue weighted by molar-refractivity contribution is -0.242. The summed E-state index contributed by atoms with van der Waals surface area (Å²) >= 11 is 0. The average molecular weight is 224 g/mol. The van der Waals surface area contributed by atoms with Crippen LogP contribution in [-0.4, -0.2) is 39.9 Å². The van der Waals surface area contributed by atoms with E-state index in [2.05, 4.69) is 0 Å². The van der Waals surface area contributed by atoms with Crippen LogP contribution in [0.5, 0.6) is 0 Å². The maximum Gasteiger partial charge on any atom is 0.377 e. The largest absolute Gasteiger partial charge is 0.477 e. The van der Waals surface area contributed by atoms with Crippen LogP contribution in [0.1, 0.15) is 26.7 Å². The number of halogens is 2. The quantitative estimate of drug-likeness (QED) is 0.735. The van der Waals surface area contributed by atoms with Gasteiger partial charge in [0.25, 0.3) is 0 Å². The third kappa shape index (κ3) is 2.10. The fourth-order valence-electron chi connectivity index (χ4n) is 1.98. The Labute approximate surface area is 85.8 Å². The van der Waals surface area contributed by atoms with Gasteiger partial charge in [0.1, 0.15) is 5.60 Å². The number of aliphatic hydroxyl groups is 1. The zero-order chi connectivity index (χ0) is 11.9. The number of carboxylic acids is 1. The van der Waals surface area contributed by atoms with Crippen molar-refractivity contribution in [1.29, 1.82) is 0 Å². The number of ether oxygens (including phenoxy) is 1. The minimum absolute atomic E-state index is 0.378. The second kappa shape index (κ2) is 3.68. The van der Waals surface area contributed by atoms with E-state index < -0.39 is 29.7 Å². The van der Waals surface area contributed by atoms with Crippen molar-refractivity contribution in [2.45, 2.75) is 50.4 Å². The fourth-order valence-corrected chi connectivity index (χ4v) is 1.98. The van der Waals surface area contributed by atoms with E-state index in [-0.39, 0.29) is 12.8 Å². The van der Waals surface area contributed by atoms with Crippen molar-refractivity contribution in [1.82, 2.24) is 0 Å². The molecule has 0 aromatic rings. The molecule has 1 rings (SSSR count). The molecule has 6 heteroatoms. The van der Waals surface area contributed by atoms with Gasteiger partial charge in [0, 0.05) is 12.8 Å². The van der Waals surface area contributed by atoms with Crippen LogP contribution in [0.2, 0.25) is 0 Å². The highest BCUT2D eigenvalue weighted by atomic mass is 19.3. The van der Waals surface area contributed by atoms with Crippen molar-refractivity contribution in [3.05, 3.63) is 0 Å². The maximum atomic E-state index is 13.3. The van der Waals surface area contributed by atoms with Gasteiger partial charge in [-0.1, -0.05) is 0 Å².